The highest BCUT2D eigenvalue weighted by atomic mass is 16.6. The van der Waals surface area contributed by atoms with Crippen molar-refractivity contribution >= 4 is 17.1 Å². The van der Waals surface area contributed by atoms with Crippen LogP contribution >= 0.6 is 0 Å². The molecule has 0 saturated heterocycles. The van der Waals surface area contributed by atoms with Gasteiger partial charge in [0.25, 0.3) is 0 Å². The molecule has 0 saturated carbocycles. The lowest BCUT2D eigenvalue weighted by molar-refractivity contribution is 0.0923. The van der Waals surface area contributed by atoms with Gasteiger partial charge in [-0.1, -0.05) is 42.5 Å². The predicted octanol–water partition coefficient (Wildman–Crippen LogP) is 3.89. The van der Waals surface area contributed by atoms with E-state index < -0.39 is 0 Å². The molecule has 1 heterocycles. The number of H-pyrrole nitrogens is 1. The van der Waals surface area contributed by atoms with Crippen molar-refractivity contribution < 1.29 is 9.53 Å². The molecule has 118 valence electrons. The Bertz CT molecular complexity index is 765. The van der Waals surface area contributed by atoms with Crippen molar-refractivity contribution in [2.75, 3.05) is 7.05 Å². The maximum absolute atomic E-state index is 12.2. The number of carbonyl (C=O) groups excluding carboxylic acids is 1. The van der Waals surface area contributed by atoms with Gasteiger partial charge in [-0.25, -0.2) is 9.78 Å². The number of hydrogen-bond donors (Lipinski definition) is 1. The largest absolute Gasteiger partial charge is 0.445 e. The number of para-hydroxylation sites is 2. The third-order valence-electron chi connectivity index (χ3n) is 3.88. The predicted molar refractivity (Wildman–Crippen MR) is 88.9 cm³/mol. The van der Waals surface area contributed by atoms with Gasteiger partial charge in [0.15, 0.2) is 0 Å². The van der Waals surface area contributed by atoms with Crippen LogP contribution in [-0.2, 0) is 11.3 Å². The standard InChI is InChI=1S/C18H19N3O2/c1-13(17-19-15-10-6-7-11-16(15)20-17)21(2)18(22)23-12-14-8-4-3-5-9-14/h3-11,13H,12H2,1-2H3,(H,19,20)/t13-/m1/s1. The van der Waals surface area contributed by atoms with Gasteiger partial charge in [-0.2, -0.15) is 0 Å². The SMILES string of the molecule is C[C@H](c1nc2ccccc2[nH]1)N(C)C(=O)OCc1ccccc1. The van der Waals surface area contributed by atoms with E-state index in [1.807, 2.05) is 61.5 Å². The molecule has 0 radical (unpaired) electrons. The Hall–Kier alpha value is -2.82. The highest BCUT2D eigenvalue weighted by molar-refractivity contribution is 5.75. The first-order valence-electron chi connectivity index (χ1n) is 7.53. The van der Waals surface area contributed by atoms with Crippen LogP contribution in [0.1, 0.15) is 24.4 Å². The highest BCUT2D eigenvalue weighted by Gasteiger charge is 2.21. The highest BCUT2D eigenvalue weighted by Crippen LogP contribution is 2.20. The normalized spacial score (nSPS) is 12.1. The zero-order chi connectivity index (χ0) is 16.2. The van der Waals surface area contributed by atoms with E-state index in [0.29, 0.717) is 0 Å². The second-order valence-corrected chi connectivity index (χ2v) is 5.47. The van der Waals surface area contributed by atoms with Crippen molar-refractivity contribution in [1.29, 1.82) is 0 Å². The number of nitrogens with zero attached hydrogens (tertiary/aromatic N) is 2. The van der Waals surface area contributed by atoms with Crippen LogP contribution in [0.5, 0.6) is 0 Å². The number of carbonyl (C=O) groups is 1. The quantitative estimate of drug-likeness (QED) is 0.795. The van der Waals surface area contributed by atoms with Crippen LogP contribution in [0, 0.1) is 0 Å². The lowest BCUT2D eigenvalue weighted by Crippen LogP contribution is -2.30. The average molecular weight is 309 g/mol. The van der Waals surface area contributed by atoms with E-state index in [-0.39, 0.29) is 18.7 Å². The number of amides is 1. The first kappa shape index (κ1) is 15.1. The molecule has 1 N–H and O–H groups in total. The molecule has 2 aromatic carbocycles. The van der Waals surface area contributed by atoms with E-state index in [1.165, 1.54) is 0 Å². The monoisotopic (exact) mass is 309 g/mol. The van der Waals surface area contributed by atoms with Gasteiger partial charge in [0.05, 0.1) is 17.1 Å². The Morgan fingerprint density at radius 2 is 1.87 bits per heavy atom. The summed E-state index contributed by atoms with van der Waals surface area (Å²) in [6.07, 6.45) is -0.373. The molecular formula is C18H19N3O2. The van der Waals surface area contributed by atoms with Crippen LogP contribution in [0.25, 0.3) is 11.0 Å². The number of aromatic nitrogens is 2. The van der Waals surface area contributed by atoms with Crippen LogP contribution in [0.2, 0.25) is 0 Å². The lowest BCUT2D eigenvalue weighted by Gasteiger charge is -2.22. The van der Waals surface area contributed by atoms with Crippen LogP contribution in [0.3, 0.4) is 0 Å². The molecule has 0 spiro atoms. The lowest BCUT2D eigenvalue weighted by atomic mass is 10.2. The molecule has 5 nitrogen and oxygen atoms in total. The zero-order valence-corrected chi connectivity index (χ0v) is 13.2. The first-order chi connectivity index (χ1) is 11.1. The summed E-state index contributed by atoms with van der Waals surface area (Å²) in [4.78, 5) is 21.5. The fourth-order valence-corrected chi connectivity index (χ4v) is 2.33. The van der Waals surface area contributed by atoms with Gasteiger partial charge >= 0.3 is 6.09 Å². The van der Waals surface area contributed by atoms with Gasteiger partial charge in [0.2, 0.25) is 0 Å². The second-order valence-electron chi connectivity index (χ2n) is 5.47. The number of hydrogen-bond acceptors (Lipinski definition) is 3. The molecule has 3 rings (SSSR count). The molecule has 3 aromatic rings. The average Bonchev–Trinajstić information content (AvgIpc) is 3.03. The van der Waals surface area contributed by atoms with E-state index in [2.05, 4.69) is 9.97 Å². The Labute approximate surface area is 134 Å². The Balaban J connectivity index is 1.66. The number of aromatic amines is 1. The number of ether oxygens (including phenoxy) is 1. The van der Waals surface area contributed by atoms with Crippen molar-refractivity contribution in [1.82, 2.24) is 14.9 Å². The number of nitrogens with one attached hydrogen (secondary N) is 1. The summed E-state index contributed by atoms with van der Waals surface area (Å²) in [5, 5.41) is 0. The molecule has 23 heavy (non-hydrogen) atoms. The van der Waals surface area contributed by atoms with Crippen molar-refractivity contribution in [3.63, 3.8) is 0 Å². The van der Waals surface area contributed by atoms with Gasteiger partial charge < -0.3 is 14.6 Å². The minimum atomic E-state index is -0.373. The smallest absolute Gasteiger partial charge is 0.410 e. The molecule has 0 aliphatic rings. The third-order valence-corrected chi connectivity index (χ3v) is 3.88. The van der Waals surface area contributed by atoms with Crippen molar-refractivity contribution in [3.8, 4) is 0 Å². The van der Waals surface area contributed by atoms with Gasteiger partial charge in [-0.05, 0) is 24.6 Å². The minimum Gasteiger partial charge on any atom is -0.445 e. The van der Waals surface area contributed by atoms with E-state index in [1.54, 1.807) is 11.9 Å². The maximum Gasteiger partial charge on any atom is 0.410 e. The second kappa shape index (κ2) is 6.52. The summed E-state index contributed by atoms with van der Waals surface area (Å²) in [6, 6.07) is 17.2. The number of benzene rings is 2. The number of rotatable bonds is 4. The Morgan fingerprint density at radius 3 is 2.61 bits per heavy atom. The molecule has 0 bridgehead atoms. The van der Waals surface area contributed by atoms with Gasteiger partial charge in [0.1, 0.15) is 12.4 Å². The fourth-order valence-electron chi connectivity index (χ4n) is 2.33. The summed E-state index contributed by atoms with van der Waals surface area (Å²) < 4.78 is 5.35. The molecule has 1 aromatic heterocycles. The van der Waals surface area contributed by atoms with E-state index in [9.17, 15) is 4.79 Å². The molecule has 0 unspecified atom stereocenters. The molecule has 5 heteroatoms. The summed E-state index contributed by atoms with van der Waals surface area (Å²) in [5.74, 6) is 0.741. The van der Waals surface area contributed by atoms with Crippen molar-refractivity contribution in [2.24, 2.45) is 0 Å². The van der Waals surface area contributed by atoms with Crippen LogP contribution in [0.15, 0.2) is 54.6 Å². The Morgan fingerprint density at radius 1 is 1.17 bits per heavy atom. The summed E-state index contributed by atoms with van der Waals surface area (Å²) in [7, 11) is 1.71. The van der Waals surface area contributed by atoms with E-state index >= 15 is 0 Å². The molecule has 0 aliphatic heterocycles. The van der Waals surface area contributed by atoms with Crippen molar-refractivity contribution in [3.05, 3.63) is 66.0 Å². The third kappa shape index (κ3) is 3.34. The fraction of sp³-hybridized carbons (Fsp3) is 0.222. The van der Waals surface area contributed by atoms with Crippen LogP contribution in [-0.4, -0.2) is 28.0 Å². The molecule has 1 atom stereocenters. The first-order valence-corrected chi connectivity index (χ1v) is 7.53. The minimum absolute atomic E-state index is 0.203. The number of fused-ring (bicyclic) bond motifs is 1. The van der Waals surface area contributed by atoms with E-state index in [0.717, 1.165) is 22.4 Å². The van der Waals surface area contributed by atoms with Crippen LogP contribution < -0.4 is 0 Å². The van der Waals surface area contributed by atoms with Gasteiger partial charge in [0, 0.05) is 7.05 Å². The topological polar surface area (TPSA) is 58.2 Å². The maximum atomic E-state index is 12.2. The zero-order valence-electron chi connectivity index (χ0n) is 13.2. The summed E-state index contributed by atoms with van der Waals surface area (Å²) >= 11 is 0. The molecule has 0 aliphatic carbocycles. The van der Waals surface area contributed by atoms with Crippen molar-refractivity contribution in [2.45, 2.75) is 19.6 Å². The number of imidazole rings is 1. The molecule has 1 amide bonds. The summed E-state index contributed by atoms with van der Waals surface area (Å²) in [5.41, 5.74) is 2.81. The Kier molecular flexibility index (Phi) is 4.28. The molecule has 0 fully saturated rings. The van der Waals surface area contributed by atoms with Gasteiger partial charge in [-0.3, -0.25) is 0 Å². The molecular weight excluding hydrogens is 290 g/mol. The summed E-state index contributed by atoms with van der Waals surface area (Å²) in [6.45, 7) is 2.18. The van der Waals surface area contributed by atoms with Gasteiger partial charge in [-0.15, -0.1) is 0 Å². The van der Waals surface area contributed by atoms with Crippen LogP contribution in [0.4, 0.5) is 4.79 Å². The van der Waals surface area contributed by atoms with E-state index in [4.69, 9.17) is 4.74 Å².